The van der Waals surface area contributed by atoms with Crippen LogP contribution in [-0.4, -0.2) is 51.3 Å². The Kier molecular flexibility index (Phi) is 7.08. The van der Waals surface area contributed by atoms with E-state index in [0.29, 0.717) is 24.8 Å². The van der Waals surface area contributed by atoms with Crippen LogP contribution in [0.2, 0.25) is 0 Å². The van der Waals surface area contributed by atoms with E-state index in [9.17, 15) is 9.90 Å². The van der Waals surface area contributed by atoms with Gasteiger partial charge in [-0.3, -0.25) is 0 Å². The van der Waals surface area contributed by atoms with Gasteiger partial charge in [0.2, 0.25) is 0 Å². The molecule has 1 aliphatic carbocycles. The normalized spacial score (nSPS) is 19.9. The molecule has 5 rings (SSSR count). The number of carbonyl (C=O) groups is 1. The van der Waals surface area contributed by atoms with E-state index in [4.69, 9.17) is 9.72 Å². The van der Waals surface area contributed by atoms with Crippen LogP contribution in [0.15, 0.2) is 36.7 Å². The lowest BCUT2D eigenvalue weighted by molar-refractivity contribution is -0.138. The molecule has 1 unspecified atom stereocenters. The lowest BCUT2D eigenvalue weighted by Gasteiger charge is -2.35. The van der Waals surface area contributed by atoms with Crippen molar-refractivity contribution in [2.24, 2.45) is 5.92 Å². The number of nitrogens with one attached hydrogen (secondary N) is 2. The van der Waals surface area contributed by atoms with Crippen molar-refractivity contribution in [2.75, 3.05) is 23.8 Å². The van der Waals surface area contributed by atoms with E-state index in [-0.39, 0.29) is 6.10 Å². The van der Waals surface area contributed by atoms with Gasteiger partial charge in [0.15, 0.2) is 0 Å². The topological polar surface area (TPSA) is 109 Å². The van der Waals surface area contributed by atoms with Crippen molar-refractivity contribution < 1.29 is 14.6 Å². The SMILES string of the molecule is Cc1ccc2c(NC(CCOC3CC(CCc4ccc5c(n4)NCCC5)C3)C(=O)O)ncnc2c1. The van der Waals surface area contributed by atoms with Gasteiger partial charge in [0, 0.05) is 30.7 Å². The zero-order valence-electron chi connectivity index (χ0n) is 20.2. The smallest absolute Gasteiger partial charge is 0.326 e. The molecule has 3 N–H and O–H groups in total. The second kappa shape index (κ2) is 10.6. The molecule has 2 aliphatic rings. The van der Waals surface area contributed by atoms with Crippen molar-refractivity contribution in [3.8, 4) is 0 Å². The number of pyridine rings is 1. The summed E-state index contributed by atoms with van der Waals surface area (Å²) in [4.78, 5) is 25.2. The van der Waals surface area contributed by atoms with Crippen molar-refractivity contribution in [3.05, 3.63) is 53.5 Å². The van der Waals surface area contributed by atoms with Crippen LogP contribution in [-0.2, 0) is 22.4 Å². The molecule has 184 valence electrons. The fourth-order valence-electron chi connectivity index (χ4n) is 4.96. The minimum atomic E-state index is -0.911. The third kappa shape index (κ3) is 5.70. The molecule has 1 atom stereocenters. The minimum absolute atomic E-state index is 0.218. The van der Waals surface area contributed by atoms with E-state index in [0.717, 1.165) is 66.6 Å². The molecule has 2 aromatic heterocycles. The average Bonchev–Trinajstić information content (AvgIpc) is 2.83. The van der Waals surface area contributed by atoms with E-state index in [1.165, 1.54) is 18.3 Å². The molecular weight excluding hydrogens is 442 g/mol. The number of fused-ring (bicyclic) bond motifs is 2. The van der Waals surface area contributed by atoms with E-state index >= 15 is 0 Å². The molecule has 0 radical (unpaired) electrons. The number of aryl methyl sites for hydroxylation is 3. The highest BCUT2D eigenvalue weighted by molar-refractivity contribution is 5.91. The zero-order chi connectivity index (χ0) is 24.2. The number of nitrogens with zero attached hydrogens (tertiary/aromatic N) is 3. The lowest BCUT2D eigenvalue weighted by Crippen LogP contribution is -2.35. The van der Waals surface area contributed by atoms with Gasteiger partial charge in [-0.2, -0.15) is 0 Å². The monoisotopic (exact) mass is 475 g/mol. The Bertz CT molecular complexity index is 1190. The van der Waals surface area contributed by atoms with Crippen LogP contribution in [0.4, 0.5) is 11.6 Å². The molecule has 3 heterocycles. The summed E-state index contributed by atoms with van der Waals surface area (Å²) in [7, 11) is 0. The molecule has 1 aromatic carbocycles. The van der Waals surface area contributed by atoms with Crippen LogP contribution in [0.5, 0.6) is 0 Å². The van der Waals surface area contributed by atoms with Gasteiger partial charge in [0.05, 0.1) is 11.6 Å². The first kappa shape index (κ1) is 23.5. The molecule has 8 heteroatoms. The van der Waals surface area contributed by atoms with E-state index in [1.807, 2.05) is 25.1 Å². The molecule has 3 aromatic rings. The Morgan fingerprint density at radius 3 is 3.00 bits per heavy atom. The first-order valence-electron chi connectivity index (χ1n) is 12.6. The Hall–Kier alpha value is -3.26. The van der Waals surface area contributed by atoms with E-state index < -0.39 is 12.0 Å². The highest BCUT2D eigenvalue weighted by Gasteiger charge is 2.30. The van der Waals surface area contributed by atoms with Crippen LogP contribution in [0.25, 0.3) is 10.9 Å². The second-order valence-electron chi connectivity index (χ2n) is 9.78. The van der Waals surface area contributed by atoms with Gasteiger partial charge in [-0.05, 0) is 80.7 Å². The van der Waals surface area contributed by atoms with Gasteiger partial charge in [0.25, 0.3) is 0 Å². The van der Waals surface area contributed by atoms with E-state index in [2.05, 4.69) is 32.7 Å². The molecule has 1 saturated carbocycles. The Balaban J connectivity index is 1.05. The number of aromatic nitrogens is 3. The zero-order valence-corrected chi connectivity index (χ0v) is 20.2. The van der Waals surface area contributed by atoms with Crippen molar-refractivity contribution in [2.45, 2.75) is 64.0 Å². The van der Waals surface area contributed by atoms with Crippen LogP contribution in [0, 0.1) is 12.8 Å². The maximum atomic E-state index is 11.8. The summed E-state index contributed by atoms with van der Waals surface area (Å²) < 4.78 is 5.99. The van der Waals surface area contributed by atoms with Crippen LogP contribution in [0.3, 0.4) is 0 Å². The first-order chi connectivity index (χ1) is 17.0. The fourth-order valence-corrected chi connectivity index (χ4v) is 4.96. The molecule has 0 bridgehead atoms. The van der Waals surface area contributed by atoms with Gasteiger partial charge in [-0.15, -0.1) is 0 Å². The fraction of sp³-hybridized carbons (Fsp3) is 0.481. The minimum Gasteiger partial charge on any atom is -0.480 e. The Labute approximate surface area is 205 Å². The number of aliphatic carboxylic acids is 1. The summed E-state index contributed by atoms with van der Waals surface area (Å²) >= 11 is 0. The maximum absolute atomic E-state index is 11.8. The molecule has 1 aliphatic heterocycles. The summed E-state index contributed by atoms with van der Waals surface area (Å²) in [6, 6.07) is 9.48. The van der Waals surface area contributed by atoms with Gasteiger partial charge < -0.3 is 20.5 Å². The summed E-state index contributed by atoms with van der Waals surface area (Å²) in [5, 5.41) is 17.0. The highest BCUT2D eigenvalue weighted by atomic mass is 16.5. The van der Waals surface area contributed by atoms with E-state index in [1.54, 1.807) is 0 Å². The molecule has 8 nitrogen and oxygen atoms in total. The molecule has 0 saturated heterocycles. The second-order valence-corrected chi connectivity index (χ2v) is 9.78. The van der Waals surface area contributed by atoms with Gasteiger partial charge in [0.1, 0.15) is 24.0 Å². The Morgan fingerprint density at radius 1 is 1.26 bits per heavy atom. The summed E-state index contributed by atoms with van der Waals surface area (Å²) in [5.74, 6) is 1.34. The number of anilines is 2. The standard InChI is InChI=1S/C27H33N5O3/c1-17-4-9-22-24(13-17)29-16-30-26(22)32-23(27(33)34)10-12-35-21-14-18(15-21)5-7-20-8-6-19-3-2-11-28-25(19)31-20/h4,6,8-9,13,16,18,21,23H,2-3,5,7,10-12,14-15H2,1H3,(H,28,31)(H,33,34)(H,29,30,32). The lowest BCUT2D eigenvalue weighted by atomic mass is 9.79. The average molecular weight is 476 g/mol. The van der Waals surface area contributed by atoms with Crippen LogP contribution >= 0.6 is 0 Å². The number of ether oxygens (including phenoxy) is 1. The maximum Gasteiger partial charge on any atom is 0.326 e. The third-order valence-corrected chi connectivity index (χ3v) is 7.11. The van der Waals surface area contributed by atoms with Crippen molar-refractivity contribution >= 4 is 28.5 Å². The van der Waals surface area contributed by atoms with Gasteiger partial charge in [-0.25, -0.2) is 19.7 Å². The molecular formula is C27H33N5O3. The summed E-state index contributed by atoms with van der Waals surface area (Å²) in [6.45, 7) is 3.42. The number of rotatable bonds is 10. The predicted molar refractivity (Wildman–Crippen MR) is 136 cm³/mol. The first-order valence-corrected chi connectivity index (χ1v) is 12.6. The number of hydrogen-bond acceptors (Lipinski definition) is 7. The highest BCUT2D eigenvalue weighted by Crippen LogP contribution is 2.34. The molecule has 35 heavy (non-hydrogen) atoms. The number of hydrogen-bond donors (Lipinski definition) is 3. The summed E-state index contributed by atoms with van der Waals surface area (Å²) in [6.07, 6.45) is 8.52. The number of carboxylic acids is 1. The van der Waals surface area contributed by atoms with Crippen molar-refractivity contribution in [1.29, 1.82) is 0 Å². The van der Waals surface area contributed by atoms with Crippen LogP contribution < -0.4 is 10.6 Å². The van der Waals surface area contributed by atoms with Crippen molar-refractivity contribution in [1.82, 2.24) is 15.0 Å². The predicted octanol–water partition coefficient (Wildman–Crippen LogP) is 4.37. The number of benzene rings is 1. The number of carboxylic acid groups (broad SMARTS) is 1. The summed E-state index contributed by atoms with van der Waals surface area (Å²) in [5.41, 5.74) is 4.38. The molecule has 0 spiro atoms. The quantitative estimate of drug-likeness (QED) is 0.396. The molecule has 0 amide bonds. The third-order valence-electron chi connectivity index (χ3n) is 7.11. The van der Waals surface area contributed by atoms with Gasteiger partial charge in [-0.1, -0.05) is 12.1 Å². The van der Waals surface area contributed by atoms with Crippen LogP contribution in [0.1, 0.15) is 48.9 Å². The molecule has 1 fully saturated rings. The Morgan fingerprint density at radius 2 is 2.14 bits per heavy atom. The largest absolute Gasteiger partial charge is 0.480 e. The van der Waals surface area contributed by atoms with Crippen molar-refractivity contribution in [3.63, 3.8) is 0 Å². The van der Waals surface area contributed by atoms with Gasteiger partial charge >= 0.3 is 5.97 Å².